The van der Waals surface area contributed by atoms with Crippen LogP contribution in [0.5, 0.6) is 0 Å². The summed E-state index contributed by atoms with van der Waals surface area (Å²) in [6.45, 7) is 0.373. The molecule has 1 aromatic heterocycles. The van der Waals surface area contributed by atoms with Crippen LogP contribution in [-0.4, -0.2) is 54.7 Å². The Hall–Kier alpha value is -4.46. The van der Waals surface area contributed by atoms with Gasteiger partial charge < -0.3 is 19.0 Å². The normalized spacial score (nSPS) is 11.9. The maximum Gasteiger partial charge on any atom is 0.310 e. The van der Waals surface area contributed by atoms with Crippen LogP contribution in [0.3, 0.4) is 0 Å². The minimum Gasteiger partial charge on any atom is -0.463 e. The molecule has 196 valence electrons. The molecule has 0 aliphatic rings. The molecule has 0 spiro atoms. The Balaban J connectivity index is 1.86. The lowest BCUT2D eigenvalue weighted by Crippen LogP contribution is -2.30. The lowest BCUT2D eigenvalue weighted by molar-refractivity contribution is -0.790. The number of esters is 1. The molecule has 0 N–H and O–H groups in total. The van der Waals surface area contributed by atoms with Crippen molar-refractivity contribution in [2.24, 2.45) is 0 Å². The molecule has 0 saturated carbocycles. The molecular formula is C23H23N3O10S. The third kappa shape index (κ3) is 7.27. The molecule has 3 aromatic rings. The van der Waals surface area contributed by atoms with E-state index in [9.17, 15) is 33.4 Å². The summed E-state index contributed by atoms with van der Waals surface area (Å²) in [5.74, 6) is -0.745. The van der Waals surface area contributed by atoms with Gasteiger partial charge in [-0.3, -0.25) is 4.79 Å². The van der Waals surface area contributed by atoms with Crippen molar-refractivity contribution in [2.45, 2.75) is 24.3 Å². The Morgan fingerprint density at radius 3 is 2.22 bits per heavy atom. The number of benzene rings is 2. The van der Waals surface area contributed by atoms with E-state index in [1.165, 1.54) is 12.1 Å². The summed E-state index contributed by atoms with van der Waals surface area (Å²) < 4.78 is 30.7. The zero-order valence-electron chi connectivity index (χ0n) is 19.8. The summed E-state index contributed by atoms with van der Waals surface area (Å²) in [4.78, 5) is 42.0. The molecular weight excluding hydrogens is 510 g/mol. The first-order valence-electron chi connectivity index (χ1n) is 10.8. The molecule has 2 aromatic carbocycles. The summed E-state index contributed by atoms with van der Waals surface area (Å²) >= 11 is 0. The van der Waals surface area contributed by atoms with Crippen molar-refractivity contribution in [1.29, 1.82) is 0 Å². The topological polar surface area (TPSA) is 170 Å². The number of carbonyl (C=O) groups excluding carboxylic acids is 1. The predicted molar refractivity (Wildman–Crippen MR) is 129 cm³/mol. The van der Waals surface area contributed by atoms with Crippen molar-refractivity contribution < 1.29 is 37.8 Å². The zero-order valence-corrected chi connectivity index (χ0v) is 20.6. The number of para-hydroxylation sites is 1. The number of carbonyl (C=O) groups is 1. The summed E-state index contributed by atoms with van der Waals surface area (Å²) in [6, 6.07) is 17.4. The highest BCUT2D eigenvalue weighted by molar-refractivity contribution is 7.90. The fourth-order valence-electron chi connectivity index (χ4n) is 3.60. The van der Waals surface area contributed by atoms with Crippen LogP contribution in [-0.2, 0) is 35.5 Å². The lowest BCUT2D eigenvalue weighted by Gasteiger charge is -2.14. The molecule has 14 heteroatoms. The fourth-order valence-corrected chi connectivity index (χ4v) is 4.23. The highest BCUT2D eigenvalue weighted by Gasteiger charge is 2.21. The third-order valence-corrected chi connectivity index (χ3v) is 6.44. The van der Waals surface area contributed by atoms with Gasteiger partial charge in [0.05, 0.1) is 17.0 Å². The second kappa shape index (κ2) is 11.5. The van der Waals surface area contributed by atoms with Gasteiger partial charge in [-0.2, -0.15) is 0 Å². The van der Waals surface area contributed by atoms with Crippen molar-refractivity contribution in [3.8, 4) is 16.9 Å². The maximum atomic E-state index is 12.5. The quantitative estimate of drug-likeness (QED) is 0.191. The Morgan fingerprint density at radius 2 is 1.65 bits per heavy atom. The maximum absolute atomic E-state index is 12.5. The van der Waals surface area contributed by atoms with E-state index in [2.05, 4.69) is 9.68 Å². The Labute approximate surface area is 211 Å². The van der Waals surface area contributed by atoms with Gasteiger partial charge in [-0.05, 0) is 48.4 Å². The molecule has 37 heavy (non-hydrogen) atoms. The second-order valence-electron chi connectivity index (χ2n) is 7.94. The van der Waals surface area contributed by atoms with Crippen molar-refractivity contribution >= 4 is 15.8 Å². The molecule has 1 atom stereocenters. The molecule has 0 fully saturated rings. The first-order chi connectivity index (χ1) is 17.5. The van der Waals surface area contributed by atoms with Crippen molar-refractivity contribution in [3.63, 3.8) is 0 Å². The van der Waals surface area contributed by atoms with E-state index in [0.29, 0.717) is 22.5 Å². The van der Waals surface area contributed by atoms with Gasteiger partial charge in [-0.1, -0.05) is 30.3 Å². The number of aromatic nitrogens is 1. The second-order valence-corrected chi connectivity index (χ2v) is 9.95. The van der Waals surface area contributed by atoms with E-state index in [1.54, 1.807) is 25.1 Å². The fraction of sp³-hybridized carbons (Fsp3) is 0.261. The smallest absolute Gasteiger partial charge is 0.310 e. The van der Waals surface area contributed by atoms with Crippen LogP contribution in [0.2, 0.25) is 0 Å². The van der Waals surface area contributed by atoms with E-state index in [1.807, 2.05) is 34.9 Å². The number of ether oxygens (including phenoxy) is 1. The molecule has 0 aliphatic carbocycles. The highest BCUT2D eigenvalue weighted by Crippen LogP contribution is 2.30. The third-order valence-electron chi connectivity index (χ3n) is 5.31. The van der Waals surface area contributed by atoms with Crippen LogP contribution in [0.25, 0.3) is 16.9 Å². The minimum atomic E-state index is -3.38. The lowest BCUT2D eigenvalue weighted by atomic mass is 10.1. The van der Waals surface area contributed by atoms with Crippen LogP contribution in [0.1, 0.15) is 11.3 Å². The van der Waals surface area contributed by atoms with Crippen LogP contribution in [0.15, 0.2) is 65.6 Å². The van der Waals surface area contributed by atoms with E-state index in [4.69, 9.17) is 4.74 Å². The summed E-state index contributed by atoms with van der Waals surface area (Å²) in [5.41, 5.74) is 3.50. The first-order valence-corrected chi connectivity index (χ1v) is 12.7. The highest BCUT2D eigenvalue weighted by atomic mass is 32.2. The van der Waals surface area contributed by atoms with Gasteiger partial charge in [0, 0.05) is 17.6 Å². The van der Waals surface area contributed by atoms with Gasteiger partial charge in [0.2, 0.25) is 0 Å². The minimum absolute atomic E-state index is 0.169. The van der Waals surface area contributed by atoms with E-state index < -0.39 is 45.3 Å². The predicted octanol–water partition coefficient (Wildman–Crippen LogP) is 2.73. The SMILES string of the molecule is Cc1c(CC(=O)OCC(CO[N+](=O)[O-])O[N+](=O)[O-])cc(-c2ccc(S(C)(=O)=O)cc2)n1-c1ccccc1. The summed E-state index contributed by atoms with van der Waals surface area (Å²) in [7, 11) is -3.38. The van der Waals surface area contributed by atoms with E-state index >= 15 is 0 Å². The standard InChI is InChI=1S/C23H23N3O10S/c1-16-18(13-23(27)34-14-20(36-26(30)31)15-35-25(28)29)12-22(24(16)19-6-4-3-5-7-19)17-8-10-21(11-9-17)37(2,32)33/h3-12,20H,13-15H2,1-2H3. The van der Waals surface area contributed by atoms with Gasteiger partial charge in [0.1, 0.15) is 13.2 Å². The number of hydrogen-bond donors (Lipinski definition) is 0. The molecule has 0 aliphatic heterocycles. The number of sulfone groups is 1. The average molecular weight is 534 g/mol. The monoisotopic (exact) mass is 533 g/mol. The number of nitrogens with zero attached hydrogens (tertiary/aromatic N) is 3. The molecule has 1 heterocycles. The Morgan fingerprint density at radius 1 is 1.00 bits per heavy atom. The van der Waals surface area contributed by atoms with Crippen molar-refractivity contribution in [1.82, 2.24) is 4.57 Å². The van der Waals surface area contributed by atoms with Crippen LogP contribution < -0.4 is 0 Å². The molecule has 0 amide bonds. The number of hydrogen-bond acceptors (Lipinski definition) is 10. The molecule has 0 radical (unpaired) electrons. The number of rotatable bonds is 12. The van der Waals surface area contributed by atoms with Gasteiger partial charge in [-0.15, -0.1) is 20.2 Å². The van der Waals surface area contributed by atoms with Crippen molar-refractivity contribution in [2.75, 3.05) is 19.5 Å². The Kier molecular flexibility index (Phi) is 8.45. The summed E-state index contributed by atoms with van der Waals surface area (Å²) in [6.07, 6.45) is -0.572. The largest absolute Gasteiger partial charge is 0.463 e. The van der Waals surface area contributed by atoms with Gasteiger partial charge in [-0.25, -0.2) is 8.42 Å². The van der Waals surface area contributed by atoms with Gasteiger partial charge in [0.25, 0.3) is 10.2 Å². The van der Waals surface area contributed by atoms with E-state index in [-0.39, 0.29) is 11.3 Å². The molecule has 0 bridgehead atoms. The van der Waals surface area contributed by atoms with Crippen LogP contribution in [0, 0.1) is 27.2 Å². The first kappa shape index (κ1) is 27.1. The molecule has 1 unspecified atom stereocenters. The van der Waals surface area contributed by atoms with Crippen LogP contribution >= 0.6 is 0 Å². The Bertz CT molecular complexity index is 1390. The van der Waals surface area contributed by atoms with Crippen LogP contribution in [0.4, 0.5) is 0 Å². The van der Waals surface area contributed by atoms with E-state index in [0.717, 1.165) is 11.9 Å². The molecule has 13 nitrogen and oxygen atoms in total. The molecule has 3 rings (SSSR count). The van der Waals surface area contributed by atoms with Crippen molar-refractivity contribution in [3.05, 3.63) is 92.1 Å². The molecule has 0 saturated heterocycles. The average Bonchev–Trinajstić information content (AvgIpc) is 3.16. The summed E-state index contributed by atoms with van der Waals surface area (Å²) in [5, 5.41) is 18.7. The van der Waals surface area contributed by atoms with Gasteiger partial charge in [0.15, 0.2) is 15.9 Å². The zero-order chi connectivity index (χ0) is 27.2. The van der Waals surface area contributed by atoms with Gasteiger partial charge >= 0.3 is 5.97 Å².